The van der Waals surface area contributed by atoms with E-state index < -0.39 is 0 Å². The Kier molecular flexibility index (Phi) is 7.00. The van der Waals surface area contributed by atoms with Gasteiger partial charge in [0.25, 0.3) is 0 Å². The van der Waals surface area contributed by atoms with Gasteiger partial charge in [-0.15, -0.1) is 0 Å². The van der Waals surface area contributed by atoms with Crippen molar-refractivity contribution in [3.63, 3.8) is 0 Å². The Bertz CT molecular complexity index is 656. The van der Waals surface area contributed by atoms with E-state index in [0.717, 1.165) is 50.7 Å². The molecule has 2 fully saturated rings. The molecular weight excluding hydrogens is 368 g/mol. The van der Waals surface area contributed by atoms with Gasteiger partial charge in [0.05, 0.1) is 24.4 Å². The fourth-order valence-electron chi connectivity index (χ4n) is 7.58. The van der Waals surface area contributed by atoms with Crippen molar-refractivity contribution in [3.05, 3.63) is 23.3 Å². The predicted molar refractivity (Wildman–Crippen MR) is 128 cm³/mol. The number of hydrogen-bond donors (Lipinski definition) is 0. The molecule has 2 aliphatic heterocycles. The normalized spacial score (nSPS) is 38.7. The van der Waals surface area contributed by atoms with Crippen molar-refractivity contribution in [2.75, 3.05) is 13.2 Å². The zero-order valence-electron chi connectivity index (χ0n) is 21.2. The number of allylic oxidation sites excluding steroid dienone is 3. The molecule has 0 amide bonds. The summed E-state index contributed by atoms with van der Waals surface area (Å²) in [7, 11) is 0. The van der Waals surface area contributed by atoms with Gasteiger partial charge >= 0.3 is 0 Å². The van der Waals surface area contributed by atoms with Crippen molar-refractivity contribution >= 4 is 0 Å². The molecule has 2 saturated heterocycles. The molecule has 2 heterocycles. The maximum atomic E-state index is 6.20. The van der Waals surface area contributed by atoms with Crippen molar-refractivity contribution in [2.24, 2.45) is 22.7 Å². The van der Waals surface area contributed by atoms with E-state index in [9.17, 15) is 0 Å². The number of fused-ring (bicyclic) bond motifs is 2. The van der Waals surface area contributed by atoms with Crippen molar-refractivity contribution < 1.29 is 9.47 Å². The molecule has 4 unspecified atom stereocenters. The molecule has 0 aromatic heterocycles. The smallest absolute Gasteiger partial charge is 0.0714 e. The summed E-state index contributed by atoms with van der Waals surface area (Å²) in [6.45, 7) is 20.3. The molecule has 4 rings (SSSR count). The van der Waals surface area contributed by atoms with Crippen LogP contribution in [-0.4, -0.2) is 24.4 Å². The van der Waals surface area contributed by atoms with Gasteiger partial charge < -0.3 is 9.47 Å². The number of rotatable bonds is 4. The highest BCUT2D eigenvalue weighted by atomic mass is 16.5. The lowest BCUT2D eigenvalue weighted by Crippen LogP contribution is -2.40. The fourth-order valence-corrected chi connectivity index (χ4v) is 7.58. The van der Waals surface area contributed by atoms with Gasteiger partial charge in [-0.25, -0.2) is 0 Å². The first-order valence-electron chi connectivity index (χ1n) is 12.7. The average molecular weight is 417 g/mol. The molecule has 4 aliphatic rings. The summed E-state index contributed by atoms with van der Waals surface area (Å²) in [6.07, 6.45) is 14.6. The van der Waals surface area contributed by atoms with Crippen molar-refractivity contribution in [1.82, 2.24) is 0 Å². The second-order valence-electron chi connectivity index (χ2n) is 11.4. The summed E-state index contributed by atoms with van der Waals surface area (Å²) < 4.78 is 12.4. The van der Waals surface area contributed by atoms with Crippen molar-refractivity contribution in [2.45, 2.75) is 118 Å². The molecule has 0 N–H and O–H groups in total. The van der Waals surface area contributed by atoms with Gasteiger partial charge in [0, 0.05) is 10.8 Å². The summed E-state index contributed by atoms with van der Waals surface area (Å²) in [6, 6.07) is 0. The van der Waals surface area contributed by atoms with Gasteiger partial charge in [-0.3, -0.25) is 0 Å². The summed E-state index contributed by atoms with van der Waals surface area (Å²) >= 11 is 0. The summed E-state index contributed by atoms with van der Waals surface area (Å²) in [5.74, 6) is 1.48. The van der Waals surface area contributed by atoms with E-state index in [-0.39, 0.29) is 11.2 Å². The minimum absolute atomic E-state index is 0.173. The first kappa shape index (κ1) is 24.1. The molecule has 30 heavy (non-hydrogen) atoms. The van der Waals surface area contributed by atoms with Crippen LogP contribution in [0.15, 0.2) is 23.3 Å². The van der Waals surface area contributed by atoms with Crippen LogP contribution in [0, 0.1) is 22.7 Å². The molecule has 2 heteroatoms. The molecule has 0 radical (unpaired) electrons. The van der Waals surface area contributed by atoms with E-state index in [1.807, 2.05) is 0 Å². The Labute approximate surface area is 186 Å². The van der Waals surface area contributed by atoms with Gasteiger partial charge in [0.15, 0.2) is 0 Å². The topological polar surface area (TPSA) is 18.5 Å². The van der Waals surface area contributed by atoms with Gasteiger partial charge in [-0.1, -0.05) is 64.8 Å². The van der Waals surface area contributed by atoms with Crippen LogP contribution in [0.25, 0.3) is 0 Å². The minimum atomic E-state index is 0.173. The average Bonchev–Trinajstić information content (AvgIpc) is 3.19. The lowest BCUT2D eigenvalue weighted by atomic mass is 9.63. The monoisotopic (exact) mass is 416 g/mol. The number of ether oxygens (including phenoxy) is 2. The number of hydrogen-bond acceptors (Lipinski definition) is 2. The third-order valence-electron chi connectivity index (χ3n) is 9.45. The Morgan fingerprint density at radius 1 is 0.833 bits per heavy atom. The first-order valence-corrected chi connectivity index (χ1v) is 12.7. The van der Waals surface area contributed by atoms with Crippen LogP contribution in [0.3, 0.4) is 0 Å². The molecule has 0 spiro atoms. The first-order chi connectivity index (χ1) is 14.1. The quantitative estimate of drug-likeness (QED) is 0.434. The molecule has 0 aromatic carbocycles. The van der Waals surface area contributed by atoms with Crippen LogP contribution in [0.5, 0.6) is 0 Å². The standard InChI is InChI=1S/2C14H24O/c2*1-5-14(6-2)12-8-7-11(3)9-13(12,4)10-15-14/h9,12H,5-8,10H2,1-4H3;7,12H,5-6,8-10H2,1-4H3. The molecule has 2 aliphatic carbocycles. The van der Waals surface area contributed by atoms with Gasteiger partial charge in [-0.05, 0) is 77.0 Å². The van der Waals surface area contributed by atoms with E-state index in [1.165, 1.54) is 25.7 Å². The Hall–Kier alpha value is -0.600. The molecule has 0 bridgehead atoms. The van der Waals surface area contributed by atoms with Crippen LogP contribution >= 0.6 is 0 Å². The molecule has 2 nitrogen and oxygen atoms in total. The minimum Gasteiger partial charge on any atom is -0.374 e. The summed E-state index contributed by atoms with van der Waals surface area (Å²) in [5.41, 5.74) is 4.18. The van der Waals surface area contributed by atoms with Gasteiger partial charge in [0.2, 0.25) is 0 Å². The van der Waals surface area contributed by atoms with Gasteiger partial charge in [0.1, 0.15) is 0 Å². The highest BCUT2D eigenvalue weighted by Gasteiger charge is 2.55. The second-order valence-corrected chi connectivity index (χ2v) is 11.4. The second kappa shape index (κ2) is 8.74. The molecule has 4 atom stereocenters. The SMILES string of the molecule is CCC1(CC)OCC2(C)C=C(C)CCC21.CCC1(CC)OCC2(C)CC(C)=CCC21. The lowest BCUT2D eigenvalue weighted by molar-refractivity contribution is -0.0300. The van der Waals surface area contributed by atoms with Crippen molar-refractivity contribution in [3.8, 4) is 0 Å². The Morgan fingerprint density at radius 3 is 2.00 bits per heavy atom. The highest BCUT2D eigenvalue weighted by molar-refractivity contribution is 5.19. The maximum absolute atomic E-state index is 6.20. The van der Waals surface area contributed by atoms with Crippen LogP contribution < -0.4 is 0 Å². The maximum Gasteiger partial charge on any atom is 0.0714 e. The molecule has 0 aromatic rings. The lowest BCUT2D eigenvalue weighted by Gasteiger charge is -2.41. The van der Waals surface area contributed by atoms with E-state index in [2.05, 4.69) is 67.5 Å². The zero-order chi connectivity index (χ0) is 22.2. The van der Waals surface area contributed by atoms with E-state index in [4.69, 9.17) is 9.47 Å². The van der Waals surface area contributed by atoms with E-state index >= 15 is 0 Å². The fraction of sp³-hybridized carbons (Fsp3) is 0.857. The highest BCUT2D eigenvalue weighted by Crippen LogP contribution is 2.55. The van der Waals surface area contributed by atoms with Crippen LogP contribution in [0.1, 0.15) is 107 Å². The van der Waals surface area contributed by atoms with Gasteiger partial charge in [-0.2, -0.15) is 0 Å². The zero-order valence-corrected chi connectivity index (χ0v) is 21.2. The summed E-state index contributed by atoms with van der Waals surface area (Å²) in [4.78, 5) is 0. The van der Waals surface area contributed by atoms with E-state index in [1.54, 1.807) is 11.1 Å². The van der Waals surface area contributed by atoms with E-state index in [0.29, 0.717) is 10.8 Å². The van der Waals surface area contributed by atoms with Crippen molar-refractivity contribution in [1.29, 1.82) is 0 Å². The Balaban J connectivity index is 0.000000171. The largest absolute Gasteiger partial charge is 0.374 e. The van der Waals surface area contributed by atoms with Crippen LogP contribution in [0.4, 0.5) is 0 Å². The Morgan fingerprint density at radius 2 is 1.40 bits per heavy atom. The van der Waals surface area contributed by atoms with Crippen LogP contribution in [-0.2, 0) is 9.47 Å². The molecule has 172 valence electrons. The van der Waals surface area contributed by atoms with Crippen LogP contribution in [0.2, 0.25) is 0 Å². The molecule has 0 saturated carbocycles. The predicted octanol–water partition coefficient (Wildman–Crippen LogP) is 7.88. The molecular formula is C28H48O2. The third kappa shape index (κ3) is 3.96. The third-order valence-corrected chi connectivity index (χ3v) is 9.45. The summed E-state index contributed by atoms with van der Waals surface area (Å²) in [5, 5.41) is 0.